The van der Waals surface area contributed by atoms with Crippen LogP contribution in [-0.4, -0.2) is 32.2 Å². The van der Waals surface area contributed by atoms with Crippen molar-refractivity contribution >= 4 is 6.41 Å². The van der Waals surface area contributed by atoms with E-state index >= 15 is 0 Å². The second-order valence-electron chi connectivity index (χ2n) is 1.88. The van der Waals surface area contributed by atoms with E-state index in [4.69, 9.17) is 10.5 Å². The van der Waals surface area contributed by atoms with Gasteiger partial charge in [0.15, 0.2) is 0 Å². The molecule has 0 spiro atoms. The average Bonchev–Trinajstić information content (AvgIpc) is 1.98. The lowest BCUT2D eigenvalue weighted by molar-refractivity contribution is -0.110. The Morgan fingerprint density at radius 3 is 2.90 bits per heavy atom. The molecule has 4 nitrogen and oxygen atoms in total. The maximum atomic E-state index is 9.92. The number of rotatable bonds is 6. The highest BCUT2D eigenvalue weighted by molar-refractivity contribution is 5.46. The van der Waals surface area contributed by atoms with Crippen LogP contribution in [0.25, 0.3) is 0 Å². The van der Waals surface area contributed by atoms with Crippen molar-refractivity contribution in [1.29, 1.82) is 0 Å². The Hall–Kier alpha value is -0.610. The van der Waals surface area contributed by atoms with Crippen LogP contribution >= 0.6 is 0 Å². The van der Waals surface area contributed by atoms with Gasteiger partial charge in [-0.05, 0) is 6.92 Å². The molecular weight excluding hydrogens is 132 g/mol. The number of hydrogen-bond acceptors (Lipinski definition) is 3. The van der Waals surface area contributed by atoms with Crippen molar-refractivity contribution in [2.24, 2.45) is 5.73 Å². The first-order valence-electron chi connectivity index (χ1n) is 3.32. The Bertz CT molecular complexity index is 87.8. The monoisotopic (exact) mass is 146 g/mol. The van der Waals surface area contributed by atoms with Crippen molar-refractivity contribution in [2.75, 3.05) is 19.8 Å². The van der Waals surface area contributed by atoms with Crippen LogP contribution in [-0.2, 0) is 9.53 Å². The summed E-state index contributed by atoms with van der Waals surface area (Å²) >= 11 is 0. The molecule has 0 bridgehead atoms. The molecule has 60 valence electrons. The topological polar surface area (TPSA) is 64.3 Å². The lowest BCUT2D eigenvalue weighted by Crippen LogP contribution is -2.39. The fourth-order valence-electron chi connectivity index (χ4n) is 0.541. The number of carbonyl (C=O) groups excluding carboxylic acids is 1. The van der Waals surface area contributed by atoms with Gasteiger partial charge in [0.05, 0.1) is 12.6 Å². The quantitative estimate of drug-likeness (QED) is 0.477. The van der Waals surface area contributed by atoms with E-state index in [1.807, 2.05) is 6.92 Å². The van der Waals surface area contributed by atoms with Crippen LogP contribution in [0.4, 0.5) is 0 Å². The smallest absolute Gasteiger partial charge is 0.207 e. The molecule has 0 saturated carbocycles. The summed E-state index contributed by atoms with van der Waals surface area (Å²) in [4.78, 5) is 9.92. The first kappa shape index (κ1) is 9.39. The van der Waals surface area contributed by atoms with E-state index in [9.17, 15) is 4.79 Å². The average molecular weight is 146 g/mol. The molecule has 1 amide bonds. The first-order chi connectivity index (χ1) is 4.85. The van der Waals surface area contributed by atoms with Crippen LogP contribution in [0.15, 0.2) is 0 Å². The molecule has 0 fully saturated rings. The fraction of sp³-hybridized carbons (Fsp3) is 0.833. The van der Waals surface area contributed by atoms with Crippen LogP contribution in [0.5, 0.6) is 0 Å². The molecule has 0 rings (SSSR count). The van der Waals surface area contributed by atoms with Gasteiger partial charge in [0.25, 0.3) is 0 Å². The normalized spacial score (nSPS) is 12.6. The number of carbonyl (C=O) groups is 1. The summed E-state index contributed by atoms with van der Waals surface area (Å²) in [5.74, 6) is 0. The van der Waals surface area contributed by atoms with E-state index in [0.717, 1.165) is 0 Å². The van der Waals surface area contributed by atoms with Gasteiger partial charge < -0.3 is 15.8 Å². The molecule has 10 heavy (non-hydrogen) atoms. The third-order valence-corrected chi connectivity index (χ3v) is 1.11. The summed E-state index contributed by atoms with van der Waals surface area (Å²) in [5, 5.41) is 2.54. The van der Waals surface area contributed by atoms with Gasteiger partial charge in [-0.2, -0.15) is 0 Å². The van der Waals surface area contributed by atoms with Gasteiger partial charge in [-0.25, -0.2) is 0 Å². The lowest BCUT2D eigenvalue weighted by Gasteiger charge is -2.12. The molecule has 0 saturated heterocycles. The number of nitrogens with one attached hydrogen (secondary N) is 1. The zero-order valence-electron chi connectivity index (χ0n) is 6.17. The second kappa shape index (κ2) is 6.51. The highest BCUT2D eigenvalue weighted by atomic mass is 16.5. The van der Waals surface area contributed by atoms with Crippen molar-refractivity contribution in [1.82, 2.24) is 5.32 Å². The molecule has 0 aromatic heterocycles. The minimum Gasteiger partial charge on any atom is -0.380 e. The Labute approximate surface area is 60.7 Å². The van der Waals surface area contributed by atoms with E-state index in [0.29, 0.717) is 26.2 Å². The Balaban J connectivity index is 3.29. The van der Waals surface area contributed by atoms with Gasteiger partial charge in [-0.1, -0.05) is 0 Å². The molecule has 1 atom stereocenters. The Kier molecular flexibility index (Phi) is 6.11. The van der Waals surface area contributed by atoms with Gasteiger partial charge in [-0.15, -0.1) is 0 Å². The minimum atomic E-state index is -0.0440. The summed E-state index contributed by atoms with van der Waals surface area (Å²) in [6.45, 7) is 3.45. The molecule has 0 aliphatic heterocycles. The predicted octanol–water partition coefficient (Wildman–Crippen LogP) is -0.904. The summed E-state index contributed by atoms with van der Waals surface area (Å²) in [6, 6.07) is -0.0440. The van der Waals surface area contributed by atoms with Gasteiger partial charge >= 0.3 is 0 Å². The van der Waals surface area contributed by atoms with Gasteiger partial charge in [-0.3, -0.25) is 4.79 Å². The molecule has 3 N–H and O–H groups in total. The SMILES string of the molecule is CCOCC(CN)NC=O. The fourth-order valence-corrected chi connectivity index (χ4v) is 0.541. The zero-order chi connectivity index (χ0) is 7.82. The van der Waals surface area contributed by atoms with Gasteiger partial charge in [0.2, 0.25) is 6.41 Å². The van der Waals surface area contributed by atoms with E-state index in [-0.39, 0.29) is 6.04 Å². The van der Waals surface area contributed by atoms with E-state index in [1.165, 1.54) is 0 Å². The third-order valence-electron chi connectivity index (χ3n) is 1.11. The largest absolute Gasteiger partial charge is 0.380 e. The molecule has 0 aromatic rings. The number of hydrogen-bond donors (Lipinski definition) is 2. The molecule has 0 heterocycles. The summed E-state index contributed by atoms with van der Waals surface area (Å²) in [6.07, 6.45) is 0.635. The van der Waals surface area contributed by atoms with Crippen molar-refractivity contribution in [3.05, 3.63) is 0 Å². The number of nitrogens with two attached hydrogens (primary N) is 1. The van der Waals surface area contributed by atoms with Crippen LogP contribution in [0.3, 0.4) is 0 Å². The minimum absolute atomic E-state index is 0.0440. The molecule has 1 unspecified atom stereocenters. The zero-order valence-corrected chi connectivity index (χ0v) is 6.17. The van der Waals surface area contributed by atoms with E-state index in [1.54, 1.807) is 0 Å². The predicted molar refractivity (Wildman–Crippen MR) is 38.5 cm³/mol. The Morgan fingerprint density at radius 1 is 1.80 bits per heavy atom. The number of ether oxygens (including phenoxy) is 1. The highest BCUT2D eigenvalue weighted by Gasteiger charge is 2.02. The third kappa shape index (κ3) is 4.29. The van der Waals surface area contributed by atoms with Crippen molar-refractivity contribution in [3.63, 3.8) is 0 Å². The second-order valence-corrected chi connectivity index (χ2v) is 1.88. The van der Waals surface area contributed by atoms with Gasteiger partial charge in [0, 0.05) is 13.2 Å². The molecule has 0 radical (unpaired) electrons. The molecule has 0 aliphatic carbocycles. The standard InChI is InChI=1S/C6H14N2O2/c1-2-10-4-6(3-7)8-5-9/h5-6H,2-4,7H2,1H3,(H,8,9). The maximum absolute atomic E-state index is 9.92. The molecule has 4 heteroatoms. The van der Waals surface area contributed by atoms with Crippen LogP contribution in [0.1, 0.15) is 6.92 Å². The lowest BCUT2D eigenvalue weighted by atomic mass is 10.3. The van der Waals surface area contributed by atoms with Gasteiger partial charge in [0.1, 0.15) is 0 Å². The summed E-state index contributed by atoms with van der Waals surface area (Å²) in [5.41, 5.74) is 5.30. The molecular formula is C6H14N2O2. The van der Waals surface area contributed by atoms with Crippen molar-refractivity contribution in [2.45, 2.75) is 13.0 Å². The summed E-state index contributed by atoms with van der Waals surface area (Å²) in [7, 11) is 0. The summed E-state index contributed by atoms with van der Waals surface area (Å²) < 4.78 is 5.04. The molecule has 0 aromatic carbocycles. The first-order valence-corrected chi connectivity index (χ1v) is 3.32. The Morgan fingerprint density at radius 2 is 2.50 bits per heavy atom. The number of amides is 1. The van der Waals surface area contributed by atoms with E-state index < -0.39 is 0 Å². The highest BCUT2D eigenvalue weighted by Crippen LogP contribution is 1.80. The van der Waals surface area contributed by atoms with Crippen LogP contribution in [0, 0.1) is 0 Å². The van der Waals surface area contributed by atoms with Crippen LogP contribution < -0.4 is 11.1 Å². The van der Waals surface area contributed by atoms with Crippen LogP contribution in [0.2, 0.25) is 0 Å². The van der Waals surface area contributed by atoms with E-state index in [2.05, 4.69) is 5.32 Å². The maximum Gasteiger partial charge on any atom is 0.207 e. The van der Waals surface area contributed by atoms with Crippen molar-refractivity contribution < 1.29 is 9.53 Å². The molecule has 0 aliphatic rings. The van der Waals surface area contributed by atoms with Crippen molar-refractivity contribution in [3.8, 4) is 0 Å².